The van der Waals surface area contributed by atoms with Gasteiger partial charge in [-0.2, -0.15) is 5.10 Å². The number of hydrogen-bond donors (Lipinski definition) is 1. The molecule has 0 aliphatic carbocycles. The number of nitrogens with one attached hydrogen (secondary N) is 1. The molecule has 1 fully saturated rings. The van der Waals surface area contributed by atoms with Crippen LogP contribution in [0.15, 0.2) is 55.0 Å². The predicted octanol–water partition coefficient (Wildman–Crippen LogP) is 3.30. The highest BCUT2D eigenvalue weighted by atomic mass is 16.5. The number of benzene rings is 2. The van der Waals surface area contributed by atoms with Gasteiger partial charge in [0.15, 0.2) is 0 Å². The molecule has 1 aliphatic rings. The van der Waals surface area contributed by atoms with Gasteiger partial charge in [0, 0.05) is 60.7 Å². The van der Waals surface area contributed by atoms with Crippen molar-refractivity contribution >= 4 is 28.4 Å². The standard InChI is InChI=1S/C28H29N7O2/c1-5-19-6-7-26-21(10-19)14-29-28(32-26)31-23-11-20(22-15-30-34(4)16-22)12-25(13-23)37-24-8-9-35(17-24)27(36)18-33(2)3/h1,6-7,10-16,24H,8-9,17-18H2,2-4H3,(H,29,31,32)/t24-/m1/s1. The largest absolute Gasteiger partial charge is 0.488 e. The van der Waals surface area contributed by atoms with E-state index < -0.39 is 0 Å². The molecule has 5 rings (SSSR count). The molecule has 3 heterocycles. The summed E-state index contributed by atoms with van der Waals surface area (Å²) in [4.78, 5) is 25.3. The zero-order valence-electron chi connectivity index (χ0n) is 21.2. The molecular formula is C28H29N7O2. The lowest BCUT2D eigenvalue weighted by Crippen LogP contribution is -2.37. The summed E-state index contributed by atoms with van der Waals surface area (Å²) in [6.07, 6.45) is 11.7. The first kappa shape index (κ1) is 24.3. The number of likely N-dealkylation sites (tertiary alicyclic amines) is 1. The summed E-state index contributed by atoms with van der Waals surface area (Å²) in [7, 11) is 5.68. The summed E-state index contributed by atoms with van der Waals surface area (Å²) in [5.41, 5.74) is 4.29. The van der Waals surface area contributed by atoms with Crippen molar-refractivity contribution in [3.63, 3.8) is 0 Å². The van der Waals surface area contributed by atoms with Gasteiger partial charge in [0.05, 0.1) is 24.8 Å². The van der Waals surface area contributed by atoms with Crippen molar-refractivity contribution in [1.82, 2.24) is 29.5 Å². The van der Waals surface area contributed by atoms with Gasteiger partial charge in [-0.25, -0.2) is 9.97 Å². The number of carbonyl (C=O) groups excluding carboxylic acids is 1. The molecule has 1 atom stereocenters. The van der Waals surface area contributed by atoms with Crippen LogP contribution in [0.1, 0.15) is 12.0 Å². The highest BCUT2D eigenvalue weighted by molar-refractivity contribution is 5.81. The Labute approximate surface area is 216 Å². The molecule has 4 aromatic rings. The second-order valence-electron chi connectivity index (χ2n) is 9.49. The Hall–Kier alpha value is -4.42. The van der Waals surface area contributed by atoms with Crippen LogP contribution in [0, 0.1) is 12.3 Å². The molecule has 1 N–H and O–H groups in total. The molecule has 0 saturated carbocycles. The smallest absolute Gasteiger partial charge is 0.236 e. The summed E-state index contributed by atoms with van der Waals surface area (Å²) < 4.78 is 8.13. The summed E-state index contributed by atoms with van der Waals surface area (Å²) in [6.45, 7) is 1.66. The van der Waals surface area contributed by atoms with Crippen LogP contribution in [0.4, 0.5) is 11.6 Å². The highest BCUT2D eigenvalue weighted by Crippen LogP contribution is 2.31. The number of ether oxygens (including phenoxy) is 1. The first-order valence-corrected chi connectivity index (χ1v) is 12.1. The number of nitrogens with zero attached hydrogens (tertiary/aromatic N) is 6. The van der Waals surface area contributed by atoms with Gasteiger partial charge < -0.3 is 19.9 Å². The van der Waals surface area contributed by atoms with Gasteiger partial charge in [-0.3, -0.25) is 9.48 Å². The maximum atomic E-state index is 12.5. The first-order valence-electron chi connectivity index (χ1n) is 12.1. The minimum atomic E-state index is -0.0784. The molecule has 37 heavy (non-hydrogen) atoms. The van der Waals surface area contributed by atoms with Crippen LogP contribution in [-0.4, -0.2) is 75.3 Å². The van der Waals surface area contributed by atoms with E-state index in [1.807, 2.05) is 79.7 Å². The number of aryl methyl sites for hydroxylation is 1. The van der Waals surface area contributed by atoms with Crippen LogP contribution in [0.5, 0.6) is 5.75 Å². The van der Waals surface area contributed by atoms with Gasteiger partial charge in [-0.15, -0.1) is 6.42 Å². The van der Waals surface area contributed by atoms with Gasteiger partial charge in [0.2, 0.25) is 11.9 Å². The number of rotatable bonds is 7. The Morgan fingerprint density at radius 1 is 1.22 bits per heavy atom. The Kier molecular flexibility index (Phi) is 6.75. The quantitative estimate of drug-likeness (QED) is 0.394. The van der Waals surface area contributed by atoms with Crippen LogP contribution in [-0.2, 0) is 11.8 Å². The number of aromatic nitrogens is 4. The molecule has 1 saturated heterocycles. The lowest BCUT2D eigenvalue weighted by atomic mass is 10.1. The highest BCUT2D eigenvalue weighted by Gasteiger charge is 2.28. The van der Waals surface area contributed by atoms with E-state index in [0.29, 0.717) is 31.3 Å². The van der Waals surface area contributed by atoms with Crippen molar-refractivity contribution in [1.29, 1.82) is 0 Å². The van der Waals surface area contributed by atoms with Gasteiger partial charge in [-0.05, 0) is 50.0 Å². The lowest BCUT2D eigenvalue weighted by Gasteiger charge is -2.20. The van der Waals surface area contributed by atoms with Gasteiger partial charge in [0.25, 0.3) is 0 Å². The van der Waals surface area contributed by atoms with Crippen LogP contribution in [0.3, 0.4) is 0 Å². The molecule has 2 aromatic heterocycles. The Morgan fingerprint density at radius 2 is 2.08 bits per heavy atom. The lowest BCUT2D eigenvalue weighted by molar-refractivity contribution is -0.131. The second kappa shape index (κ2) is 10.3. The number of hydrogen-bond acceptors (Lipinski definition) is 7. The maximum Gasteiger partial charge on any atom is 0.236 e. The molecule has 1 aliphatic heterocycles. The van der Waals surface area contributed by atoms with Crippen molar-refractivity contribution in [3.8, 4) is 29.2 Å². The third kappa shape index (κ3) is 5.71. The molecule has 0 bridgehead atoms. The van der Waals surface area contributed by atoms with Gasteiger partial charge in [-0.1, -0.05) is 5.92 Å². The van der Waals surface area contributed by atoms with Gasteiger partial charge >= 0.3 is 0 Å². The fourth-order valence-electron chi connectivity index (χ4n) is 4.40. The fraction of sp³-hybridized carbons (Fsp3) is 0.286. The number of terminal acetylenes is 1. The average molecular weight is 496 g/mol. The summed E-state index contributed by atoms with van der Waals surface area (Å²) in [5, 5.41) is 8.50. The fourth-order valence-corrected chi connectivity index (χ4v) is 4.40. The summed E-state index contributed by atoms with van der Waals surface area (Å²) in [5.74, 6) is 3.92. The van der Waals surface area contributed by atoms with E-state index in [1.54, 1.807) is 10.9 Å². The Balaban J connectivity index is 1.39. The van der Waals surface area contributed by atoms with Crippen LogP contribution in [0.2, 0.25) is 0 Å². The van der Waals surface area contributed by atoms with Crippen LogP contribution < -0.4 is 10.1 Å². The van der Waals surface area contributed by atoms with E-state index in [4.69, 9.17) is 11.2 Å². The number of fused-ring (bicyclic) bond motifs is 1. The molecule has 9 nitrogen and oxygen atoms in total. The van der Waals surface area contributed by atoms with E-state index in [-0.39, 0.29) is 12.0 Å². The van der Waals surface area contributed by atoms with Gasteiger partial charge in [0.1, 0.15) is 11.9 Å². The second-order valence-corrected chi connectivity index (χ2v) is 9.49. The third-order valence-electron chi connectivity index (χ3n) is 6.20. The molecule has 188 valence electrons. The monoisotopic (exact) mass is 495 g/mol. The number of carbonyl (C=O) groups is 1. The van der Waals surface area contributed by atoms with E-state index >= 15 is 0 Å². The molecule has 2 aromatic carbocycles. The summed E-state index contributed by atoms with van der Waals surface area (Å²) >= 11 is 0. The third-order valence-corrected chi connectivity index (χ3v) is 6.20. The van der Waals surface area contributed by atoms with E-state index in [9.17, 15) is 4.79 Å². The summed E-state index contributed by atoms with van der Waals surface area (Å²) in [6, 6.07) is 11.6. The molecule has 0 radical (unpaired) electrons. The molecule has 9 heteroatoms. The predicted molar refractivity (Wildman–Crippen MR) is 144 cm³/mol. The van der Waals surface area contributed by atoms with E-state index in [1.165, 1.54) is 0 Å². The van der Waals surface area contributed by atoms with Crippen molar-refractivity contribution in [2.24, 2.45) is 7.05 Å². The topological polar surface area (TPSA) is 88.4 Å². The van der Waals surface area contributed by atoms with Crippen molar-refractivity contribution < 1.29 is 9.53 Å². The van der Waals surface area contributed by atoms with Crippen LogP contribution >= 0.6 is 0 Å². The molecular weight excluding hydrogens is 466 g/mol. The minimum absolute atomic E-state index is 0.0784. The Morgan fingerprint density at radius 3 is 2.84 bits per heavy atom. The van der Waals surface area contributed by atoms with Crippen molar-refractivity contribution in [3.05, 3.63) is 60.6 Å². The number of likely N-dealkylation sites (N-methyl/N-ethyl adjacent to an activating group) is 1. The SMILES string of the molecule is C#Cc1ccc2nc(Nc3cc(O[C@@H]4CCN(C(=O)CN(C)C)C4)cc(-c4cnn(C)c4)c3)ncc2c1. The molecule has 1 amide bonds. The molecule has 0 spiro atoms. The average Bonchev–Trinajstić information content (AvgIpc) is 3.52. The number of anilines is 2. The Bertz CT molecular complexity index is 1490. The molecule has 0 unspecified atom stereocenters. The number of amides is 1. The zero-order chi connectivity index (χ0) is 25.9. The van der Waals surface area contributed by atoms with E-state index in [2.05, 4.69) is 26.3 Å². The zero-order valence-corrected chi connectivity index (χ0v) is 21.2. The van der Waals surface area contributed by atoms with Crippen molar-refractivity contribution in [2.75, 3.05) is 39.0 Å². The maximum absolute atomic E-state index is 12.5. The first-order chi connectivity index (χ1) is 17.9. The normalized spacial score (nSPS) is 15.2. The van der Waals surface area contributed by atoms with Crippen molar-refractivity contribution in [2.45, 2.75) is 12.5 Å². The van der Waals surface area contributed by atoms with E-state index in [0.717, 1.165) is 39.7 Å². The minimum Gasteiger partial charge on any atom is -0.488 e. The van der Waals surface area contributed by atoms with Crippen LogP contribution in [0.25, 0.3) is 22.0 Å².